The van der Waals surface area contributed by atoms with Gasteiger partial charge in [-0.3, -0.25) is 4.79 Å². The number of rotatable bonds is 4. The van der Waals surface area contributed by atoms with Crippen LogP contribution >= 0.6 is 27.3 Å². The summed E-state index contributed by atoms with van der Waals surface area (Å²) in [6, 6.07) is 5.95. The molecule has 0 aliphatic rings. The first-order chi connectivity index (χ1) is 10.1. The number of fused-ring (bicyclic) bond motifs is 1. The lowest BCUT2D eigenvalue weighted by atomic mass is 10.3. The van der Waals surface area contributed by atoms with Crippen molar-refractivity contribution in [2.45, 2.75) is 19.9 Å². The van der Waals surface area contributed by atoms with Gasteiger partial charge in [0, 0.05) is 21.7 Å². The third-order valence-corrected chi connectivity index (χ3v) is 4.44. The number of imidazole rings is 1. The zero-order valence-electron chi connectivity index (χ0n) is 11.5. The molecule has 0 atom stereocenters. The molecule has 3 aromatic heterocycles. The topological polar surface area (TPSA) is 46.4 Å². The van der Waals surface area contributed by atoms with Crippen LogP contribution in [0.3, 0.4) is 0 Å². The monoisotopic (exact) mass is 363 g/mol. The Morgan fingerprint density at radius 2 is 2.33 bits per heavy atom. The molecule has 3 heterocycles. The number of pyridine rings is 1. The van der Waals surface area contributed by atoms with Gasteiger partial charge in [-0.05, 0) is 45.9 Å². The standard InChI is InChI=1S/C15H14BrN3OS/c1-10-5-11(16)8-19-9-12(18-15(10)19)7-17-14(20)6-13-3-2-4-21-13/h2-5,8-9H,6-7H2,1H3,(H,17,20). The van der Waals surface area contributed by atoms with Gasteiger partial charge >= 0.3 is 0 Å². The van der Waals surface area contributed by atoms with E-state index in [0.717, 1.165) is 26.3 Å². The van der Waals surface area contributed by atoms with E-state index in [4.69, 9.17) is 0 Å². The SMILES string of the molecule is Cc1cc(Br)cn2cc(CNC(=O)Cc3cccs3)nc12. The Morgan fingerprint density at radius 3 is 3.10 bits per heavy atom. The lowest BCUT2D eigenvalue weighted by molar-refractivity contribution is -0.120. The number of carbonyl (C=O) groups is 1. The maximum atomic E-state index is 11.9. The molecular formula is C15H14BrN3OS. The number of carbonyl (C=O) groups excluding carboxylic acids is 1. The number of nitrogens with zero attached hydrogens (tertiary/aromatic N) is 2. The zero-order chi connectivity index (χ0) is 14.8. The van der Waals surface area contributed by atoms with Gasteiger partial charge in [-0.15, -0.1) is 11.3 Å². The molecule has 4 nitrogen and oxygen atoms in total. The first kappa shape index (κ1) is 14.3. The highest BCUT2D eigenvalue weighted by Crippen LogP contribution is 2.17. The van der Waals surface area contributed by atoms with Gasteiger partial charge in [0.25, 0.3) is 0 Å². The number of thiophene rings is 1. The molecular weight excluding hydrogens is 350 g/mol. The number of aromatic nitrogens is 2. The molecule has 0 unspecified atom stereocenters. The molecule has 0 radical (unpaired) electrons. The van der Waals surface area contributed by atoms with Crippen LogP contribution in [0.5, 0.6) is 0 Å². The van der Waals surface area contributed by atoms with Crippen LogP contribution in [0.2, 0.25) is 0 Å². The van der Waals surface area contributed by atoms with Crippen molar-refractivity contribution in [3.63, 3.8) is 0 Å². The Kier molecular flexibility index (Phi) is 4.07. The lowest BCUT2D eigenvalue weighted by Crippen LogP contribution is -2.24. The van der Waals surface area contributed by atoms with Crippen molar-refractivity contribution in [3.05, 3.63) is 56.6 Å². The van der Waals surface area contributed by atoms with Crippen molar-refractivity contribution < 1.29 is 4.79 Å². The predicted molar refractivity (Wildman–Crippen MR) is 87.5 cm³/mol. The highest BCUT2D eigenvalue weighted by atomic mass is 79.9. The van der Waals surface area contributed by atoms with Crippen LogP contribution in [-0.2, 0) is 17.8 Å². The average molecular weight is 364 g/mol. The molecule has 6 heteroatoms. The summed E-state index contributed by atoms with van der Waals surface area (Å²) >= 11 is 5.07. The van der Waals surface area contributed by atoms with Gasteiger partial charge in [0.05, 0.1) is 18.7 Å². The third kappa shape index (κ3) is 3.33. The molecule has 1 amide bonds. The Labute approximate surface area is 135 Å². The fraction of sp³-hybridized carbons (Fsp3) is 0.200. The summed E-state index contributed by atoms with van der Waals surface area (Å²) in [6.07, 6.45) is 4.33. The highest BCUT2D eigenvalue weighted by molar-refractivity contribution is 9.10. The Balaban J connectivity index is 1.68. The Hall–Kier alpha value is -1.66. The summed E-state index contributed by atoms with van der Waals surface area (Å²) in [5.41, 5.74) is 2.87. The maximum absolute atomic E-state index is 11.9. The smallest absolute Gasteiger partial charge is 0.225 e. The van der Waals surface area contributed by atoms with E-state index in [-0.39, 0.29) is 5.91 Å². The minimum Gasteiger partial charge on any atom is -0.350 e. The molecule has 0 bridgehead atoms. The van der Waals surface area contributed by atoms with E-state index in [0.29, 0.717) is 13.0 Å². The zero-order valence-corrected chi connectivity index (χ0v) is 13.9. The van der Waals surface area contributed by atoms with E-state index in [2.05, 4.69) is 26.2 Å². The summed E-state index contributed by atoms with van der Waals surface area (Å²) in [5, 5.41) is 4.89. The number of halogens is 1. The molecule has 0 aliphatic carbocycles. The summed E-state index contributed by atoms with van der Waals surface area (Å²) in [4.78, 5) is 17.5. The molecule has 0 saturated carbocycles. The minimum atomic E-state index is 0.0207. The number of amides is 1. The van der Waals surface area contributed by atoms with Crippen LogP contribution in [0.1, 0.15) is 16.1 Å². The largest absolute Gasteiger partial charge is 0.350 e. The van der Waals surface area contributed by atoms with Gasteiger partial charge in [0.1, 0.15) is 5.65 Å². The van der Waals surface area contributed by atoms with Gasteiger partial charge in [-0.1, -0.05) is 6.07 Å². The fourth-order valence-corrected chi connectivity index (χ4v) is 3.45. The summed E-state index contributed by atoms with van der Waals surface area (Å²) in [5.74, 6) is 0.0207. The molecule has 108 valence electrons. The minimum absolute atomic E-state index is 0.0207. The number of hydrogen-bond donors (Lipinski definition) is 1. The second-order valence-corrected chi connectivity index (χ2v) is 6.79. The normalized spacial score (nSPS) is 11.0. The van der Waals surface area contributed by atoms with Gasteiger partial charge in [0.15, 0.2) is 0 Å². The van der Waals surface area contributed by atoms with E-state index < -0.39 is 0 Å². The predicted octanol–water partition coefficient (Wildman–Crippen LogP) is 3.33. The van der Waals surface area contributed by atoms with Crippen LogP contribution in [-0.4, -0.2) is 15.3 Å². The lowest BCUT2D eigenvalue weighted by Gasteiger charge is -2.01. The van der Waals surface area contributed by atoms with Gasteiger partial charge in [-0.2, -0.15) is 0 Å². The molecule has 0 saturated heterocycles. The second kappa shape index (κ2) is 5.99. The number of nitrogens with one attached hydrogen (secondary N) is 1. The van der Waals surface area contributed by atoms with Gasteiger partial charge in [-0.25, -0.2) is 4.98 Å². The van der Waals surface area contributed by atoms with E-state index in [1.807, 2.05) is 47.3 Å². The Morgan fingerprint density at radius 1 is 1.48 bits per heavy atom. The van der Waals surface area contributed by atoms with Crippen molar-refractivity contribution in [2.24, 2.45) is 0 Å². The molecule has 0 aliphatic heterocycles. The quantitative estimate of drug-likeness (QED) is 0.772. The van der Waals surface area contributed by atoms with Crippen LogP contribution < -0.4 is 5.32 Å². The van der Waals surface area contributed by atoms with Crippen LogP contribution in [0.25, 0.3) is 5.65 Å². The maximum Gasteiger partial charge on any atom is 0.225 e. The number of hydrogen-bond acceptors (Lipinski definition) is 3. The summed E-state index contributed by atoms with van der Waals surface area (Å²) in [7, 11) is 0. The van der Waals surface area contributed by atoms with Crippen molar-refractivity contribution in [1.29, 1.82) is 0 Å². The highest BCUT2D eigenvalue weighted by Gasteiger charge is 2.08. The van der Waals surface area contributed by atoms with Crippen LogP contribution in [0.15, 0.2) is 40.4 Å². The fourth-order valence-electron chi connectivity index (χ4n) is 2.18. The van der Waals surface area contributed by atoms with E-state index in [1.54, 1.807) is 11.3 Å². The van der Waals surface area contributed by atoms with Crippen molar-refractivity contribution in [1.82, 2.24) is 14.7 Å². The van der Waals surface area contributed by atoms with E-state index in [9.17, 15) is 4.79 Å². The van der Waals surface area contributed by atoms with Crippen LogP contribution in [0.4, 0.5) is 0 Å². The molecule has 0 fully saturated rings. The van der Waals surface area contributed by atoms with E-state index in [1.165, 1.54) is 0 Å². The molecule has 21 heavy (non-hydrogen) atoms. The molecule has 3 aromatic rings. The van der Waals surface area contributed by atoms with Gasteiger partial charge < -0.3 is 9.72 Å². The van der Waals surface area contributed by atoms with Gasteiger partial charge in [0.2, 0.25) is 5.91 Å². The van der Waals surface area contributed by atoms with Crippen molar-refractivity contribution >= 4 is 38.8 Å². The molecule has 3 rings (SSSR count). The summed E-state index contributed by atoms with van der Waals surface area (Å²) in [6.45, 7) is 2.47. The van der Waals surface area contributed by atoms with Crippen molar-refractivity contribution in [3.8, 4) is 0 Å². The van der Waals surface area contributed by atoms with Crippen LogP contribution in [0, 0.1) is 6.92 Å². The molecule has 1 N–H and O–H groups in total. The summed E-state index contributed by atoms with van der Waals surface area (Å²) < 4.78 is 2.98. The molecule has 0 spiro atoms. The van der Waals surface area contributed by atoms with Crippen molar-refractivity contribution in [2.75, 3.05) is 0 Å². The second-order valence-electron chi connectivity index (χ2n) is 4.84. The number of aryl methyl sites for hydroxylation is 1. The third-order valence-electron chi connectivity index (χ3n) is 3.13. The average Bonchev–Trinajstić information content (AvgIpc) is 3.05. The first-order valence-corrected chi connectivity index (χ1v) is 8.22. The van der Waals surface area contributed by atoms with E-state index >= 15 is 0 Å². The Bertz CT molecular complexity index is 780. The molecule has 0 aromatic carbocycles. The first-order valence-electron chi connectivity index (χ1n) is 6.54.